The number of nitrogens with zero attached hydrogens (tertiary/aromatic N) is 2. The van der Waals surface area contributed by atoms with Gasteiger partial charge < -0.3 is 28.7 Å². The van der Waals surface area contributed by atoms with Gasteiger partial charge in [-0.1, -0.05) is 18.2 Å². The molecular weight excluding hydrogens is 455 g/mol. The van der Waals surface area contributed by atoms with E-state index in [2.05, 4.69) is 0 Å². The summed E-state index contributed by atoms with van der Waals surface area (Å²) in [6.07, 6.45) is 1.12. The van der Waals surface area contributed by atoms with E-state index >= 15 is 4.39 Å². The summed E-state index contributed by atoms with van der Waals surface area (Å²) in [5.74, 6) is -1.64. The highest BCUT2D eigenvalue weighted by Gasteiger charge is 2.48. The van der Waals surface area contributed by atoms with Crippen LogP contribution in [0.25, 0.3) is 0 Å². The van der Waals surface area contributed by atoms with Gasteiger partial charge in [0.25, 0.3) is 5.91 Å². The van der Waals surface area contributed by atoms with Crippen molar-refractivity contribution >= 4 is 11.8 Å². The molecule has 0 saturated carbocycles. The fourth-order valence-electron chi connectivity index (χ4n) is 5.47. The predicted octanol–water partition coefficient (Wildman–Crippen LogP) is 3.12. The second-order valence-electron chi connectivity index (χ2n) is 9.09. The molecule has 3 heterocycles. The number of likely N-dealkylation sites (N-methyl/N-ethyl adjacent to an activating group) is 1. The zero-order valence-electron chi connectivity index (χ0n) is 20.1. The van der Waals surface area contributed by atoms with Gasteiger partial charge in [-0.15, -0.1) is 0 Å². The van der Waals surface area contributed by atoms with Gasteiger partial charge in [0.15, 0.2) is 17.3 Å². The third kappa shape index (κ3) is 3.92. The third-order valence-electron chi connectivity index (χ3n) is 7.31. The Labute approximate surface area is 203 Å². The second kappa shape index (κ2) is 9.13. The molecule has 8 nitrogen and oxygen atoms in total. The van der Waals surface area contributed by atoms with E-state index in [0.29, 0.717) is 61.8 Å². The summed E-state index contributed by atoms with van der Waals surface area (Å²) < 4.78 is 37.6. The van der Waals surface area contributed by atoms with Crippen molar-refractivity contribution in [1.82, 2.24) is 9.80 Å². The fourth-order valence-corrected chi connectivity index (χ4v) is 5.47. The largest absolute Gasteiger partial charge is 0.493 e. The van der Waals surface area contributed by atoms with Crippen molar-refractivity contribution in [2.24, 2.45) is 0 Å². The molecule has 0 aromatic heterocycles. The van der Waals surface area contributed by atoms with Gasteiger partial charge in [-0.2, -0.15) is 0 Å². The smallest absolute Gasteiger partial charge is 0.254 e. The number of likely N-dealkylation sites (tertiary alicyclic amines) is 1. The van der Waals surface area contributed by atoms with E-state index in [1.807, 2.05) is 0 Å². The summed E-state index contributed by atoms with van der Waals surface area (Å²) in [7, 11) is 4.59. The van der Waals surface area contributed by atoms with Crippen LogP contribution in [0.15, 0.2) is 36.4 Å². The second-order valence-corrected chi connectivity index (χ2v) is 9.09. The van der Waals surface area contributed by atoms with Crippen LogP contribution in [0, 0.1) is 5.82 Å². The number of piperidine rings is 1. The van der Waals surface area contributed by atoms with E-state index in [4.69, 9.17) is 18.9 Å². The van der Waals surface area contributed by atoms with Crippen molar-refractivity contribution in [3.8, 4) is 11.5 Å². The Bertz CT molecular complexity index is 1140. The van der Waals surface area contributed by atoms with Crippen LogP contribution in [0.5, 0.6) is 11.5 Å². The normalized spacial score (nSPS) is 23.4. The molecule has 2 fully saturated rings. The van der Waals surface area contributed by atoms with Gasteiger partial charge in [-0.05, 0) is 23.8 Å². The first kappa shape index (κ1) is 23.6. The van der Waals surface area contributed by atoms with E-state index in [1.54, 1.807) is 42.3 Å². The lowest BCUT2D eigenvalue weighted by Crippen LogP contribution is -2.52. The number of rotatable bonds is 4. The molecule has 9 heteroatoms. The molecule has 0 N–H and O–H groups in total. The molecule has 2 atom stereocenters. The van der Waals surface area contributed by atoms with E-state index in [0.717, 1.165) is 0 Å². The number of halogens is 1. The standard InChI is InChI=1S/C26H29FN2O6/c1-28-23(16-6-4-5-7-19(16)27)22(17-14-20(32-2)21(33-3)15-18(17)24(28)30)25(31)29-10-8-26(9-11-29)34-12-13-35-26/h4-7,14-15,22-23H,8-13H2,1-3H3/t22-,23-/m1/s1. The maximum absolute atomic E-state index is 15.1. The number of carbonyl (C=O) groups excluding carboxylic acids is 2. The van der Waals surface area contributed by atoms with Gasteiger partial charge in [0, 0.05) is 44.1 Å². The molecule has 0 radical (unpaired) electrons. The Morgan fingerprint density at radius 2 is 1.66 bits per heavy atom. The lowest BCUT2D eigenvalue weighted by molar-refractivity contribution is -0.188. The van der Waals surface area contributed by atoms with E-state index in [-0.39, 0.29) is 17.4 Å². The quantitative estimate of drug-likeness (QED) is 0.664. The van der Waals surface area contributed by atoms with Crippen molar-refractivity contribution in [2.75, 3.05) is 47.6 Å². The summed E-state index contributed by atoms with van der Waals surface area (Å²) in [6.45, 7) is 1.99. The molecular formula is C26H29FN2O6. The number of amides is 2. The summed E-state index contributed by atoms with van der Waals surface area (Å²) in [5, 5.41) is 0. The topological polar surface area (TPSA) is 77.5 Å². The minimum absolute atomic E-state index is 0.182. The molecule has 35 heavy (non-hydrogen) atoms. The molecule has 2 aromatic carbocycles. The van der Waals surface area contributed by atoms with E-state index in [9.17, 15) is 9.59 Å². The molecule has 0 unspecified atom stereocenters. The number of hydrogen-bond donors (Lipinski definition) is 0. The molecule has 0 bridgehead atoms. The molecule has 5 rings (SSSR count). The molecule has 0 aliphatic carbocycles. The lowest BCUT2D eigenvalue weighted by atomic mass is 9.78. The molecule has 186 valence electrons. The summed E-state index contributed by atoms with van der Waals surface area (Å²) in [5.41, 5.74) is 1.13. The monoisotopic (exact) mass is 484 g/mol. The Kier molecular flexibility index (Phi) is 6.14. The first-order valence-corrected chi connectivity index (χ1v) is 11.7. The minimum atomic E-state index is -0.830. The van der Waals surface area contributed by atoms with Gasteiger partial charge in [0.05, 0.1) is 39.4 Å². The van der Waals surface area contributed by atoms with E-state index in [1.165, 1.54) is 25.2 Å². The Balaban J connectivity index is 1.59. The highest BCUT2D eigenvalue weighted by atomic mass is 19.1. The fraction of sp³-hybridized carbons (Fsp3) is 0.462. The molecule has 2 amide bonds. The number of fused-ring (bicyclic) bond motifs is 1. The third-order valence-corrected chi connectivity index (χ3v) is 7.31. The van der Waals surface area contributed by atoms with Crippen molar-refractivity contribution in [2.45, 2.75) is 30.6 Å². The zero-order chi connectivity index (χ0) is 24.7. The molecule has 2 saturated heterocycles. The number of methoxy groups -OCH3 is 2. The van der Waals surface area contributed by atoms with Gasteiger partial charge >= 0.3 is 0 Å². The minimum Gasteiger partial charge on any atom is -0.493 e. The van der Waals surface area contributed by atoms with Crippen LogP contribution in [0.2, 0.25) is 0 Å². The SMILES string of the molecule is COc1cc2c(cc1OC)[C@@H](C(=O)N1CCC3(CC1)OCCO3)[C@@H](c1ccccc1F)N(C)C2=O. The maximum atomic E-state index is 15.1. The van der Waals surface area contributed by atoms with Crippen LogP contribution >= 0.6 is 0 Å². The van der Waals surface area contributed by atoms with Crippen LogP contribution in [0.3, 0.4) is 0 Å². The molecule has 2 aromatic rings. The lowest BCUT2D eigenvalue weighted by Gasteiger charge is -2.44. The van der Waals surface area contributed by atoms with Crippen LogP contribution in [0.1, 0.15) is 46.3 Å². The molecule has 3 aliphatic heterocycles. The van der Waals surface area contributed by atoms with Crippen molar-refractivity contribution in [1.29, 1.82) is 0 Å². The summed E-state index contributed by atoms with van der Waals surface area (Å²) in [6, 6.07) is 8.72. The van der Waals surface area contributed by atoms with Gasteiger partial charge in [0.1, 0.15) is 5.82 Å². The van der Waals surface area contributed by atoms with Crippen LogP contribution in [0.4, 0.5) is 4.39 Å². The average Bonchev–Trinajstić information content (AvgIpc) is 3.33. The van der Waals surface area contributed by atoms with Crippen LogP contribution in [-0.4, -0.2) is 75.0 Å². The highest BCUT2D eigenvalue weighted by Crippen LogP contribution is 2.47. The van der Waals surface area contributed by atoms with Crippen molar-refractivity contribution in [3.05, 3.63) is 58.9 Å². The predicted molar refractivity (Wildman–Crippen MR) is 124 cm³/mol. The Hall–Kier alpha value is -3.17. The highest BCUT2D eigenvalue weighted by molar-refractivity contribution is 6.02. The molecule has 3 aliphatic rings. The number of hydrogen-bond acceptors (Lipinski definition) is 6. The number of carbonyl (C=O) groups is 2. The Morgan fingerprint density at radius 1 is 1.03 bits per heavy atom. The van der Waals surface area contributed by atoms with Gasteiger partial charge in [0.2, 0.25) is 5.91 Å². The number of benzene rings is 2. The first-order valence-electron chi connectivity index (χ1n) is 11.7. The van der Waals surface area contributed by atoms with Gasteiger partial charge in [-0.25, -0.2) is 4.39 Å². The Morgan fingerprint density at radius 3 is 2.29 bits per heavy atom. The molecule has 1 spiro atoms. The zero-order valence-corrected chi connectivity index (χ0v) is 20.1. The van der Waals surface area contributed by atoms with Gasteiger partial charge in [-0.3, -0.25) is 9.59 Å². The first-order chi connectivity index (χ1) is 16.9. The van der Waals surface area contributed by atoms with Crippen LogP contribution < -0.4 is 9.47 Å². The van der Waals surface area contributed by atoms with Crippen LogP contribution in [-0.2, 0) is 14.3 Å². The number of ether oxygens (including phenoxy) is 4. The van der Waals surface area contributed by atoms with E-state index < -0.39 is 23.6 Å². The van der Waals surface area contributed by atoms with Crippen molar-refractivity contribution in [3.63, 3.8) is 0 Å². The van der Waals surface area contributed by atoms with Crippen molar-refractivity contribution < 1.29 is 32.9 Å². The summed E-state index contributed by atoms with van der Waals surface area (Å²) in [4.78, 5) is 30.8. The summed E-state index contributed by atoms with van der Waals surface area (Å²) >= 11 is 0. The average molecular weight is 485 g/mol. The maximum Gasteiger partial charge on any atom is 0.254 e.